The number of fused-ring (bicyclic) bond motifs is 5. The maximum atomic E-state index is 12.2. The molecule has 0 fully saturated rings. The van der Waals surface area contributed by atoms with E-state index >= 15 is 0 Å². The average molecular weight is 272 g/mol. The van der Waals surface area contributed by atoms with E-state index < -0.39 is 11.2 Å². The van der Waals surface area contributed by atoms with E-state index in [4.69, 9.17) is 9.47 Å². The summed E-state index contributed by atoms with van der Waals surface area (Å²) in [7, 11) is 0. The van der Waals surface area contributed by atoms with Gasteiger partial charge in [-0.15, -0.1) is 0 Å². The minimum atomic E-state index is -0.549. The second-order valence-corrected chi connectivity index (χ2v) is 5.05. The molecule has 0 aliphatic carbocycles. The molecule has 1 aromatic heterocycles. The molecule has 0 saturated heterocycles. The number of aromatic nitrogens is 2. The van der Waals surface area contributed by atoms with Gasteiger partial charge in [0.25, 0.3) is 5.56 Å². The Balaban J connectivity index is 1.99. The highest BCUT2D eigenvalue weighted by Crippen LogP contribution is 2.44. The van der Waals surface area contributed by atoms with Crippen LogP contribution in [0.3, 0.4) is 0 Å². The van der Waals surface area contributed by atoms with Crippen LogP contribution in [0.15, 0.2) is 33.9 Å². The largest absolute Gasteiger partial charge is 0.493 e. The van der Waals surface area contributed by atoms with Crippen LogP contribution in [0.1, 0.15) is 17.0 Å². The SMILES string of the molecule is O=c1[nH]c2c(c(=O)[nH]1)C1c3ccccc3OCC1CO2. The molecule has 1 aromatic carbocycles. The summed E-state index contributed by atoms with van der Waals surface area (Å²) in [4.78, 5) is 28.3. The van der Waals surface area contributed by atoms with Gasteiger partial charge in [-0.25, -0.2) is 4.79 Å². The Morgan fingerprint density at radius 2 is 1.85 bits per heavy atom. The third kappa shape index (κ3) is 1.51. The molecule has 0 amide bonds. The third-order valence-electron chi connectivity index (χ3n) is 3.87. The number of aromatic amines is 2. The molecule has 0 radical (unpaired) electrons. The van der Waals surface area contributed by atoms with E-state index in [2.05, 4.69) is 9.97 Å². The average Bonchev–Trinajstić information content (AvgIpc) is 2.46. The molecule has 6 heteroatoms. The second kappa shape index (κ2) is 4.00. The standard InChI is InChI=1S/C14H12N2O4/c17-12-11-10-7(6-20-13(11)16-14(18)15-12)5-19-9-4-2-1-3-8(9)10/h1-4,7,10H,5-6H2,(H2,15,16,17,18). The third-order valence-corrected chi connectivity index (χ3v) is 3.87. The molecule has 3 heterocycles. The van der Waals surface area contributed by atoms with Gasteiger partial charge < -0.3 is 9.47 Å². The van der Waals surface area contributed by atoms with E-state index in [0.717, 1.165) is 11.3 Å². The molecule has 2 aromatic rings. The Hall–Kier alpha value is -2.50. The first kappa shape index (κ1) is 11.3. The van der Waals surface area contributed by atoms with Crippen LogP contribution in [0.5, 0.6) is 11.6 Å². The summed E-state index contributed by atoms with van der Waals surface area (Å²) in [5.41, 5.74) is 0.505. The molecule has 20 heavy (non-hydrogen) atoms. The number of ether oxygens (including phenoxy) is 2. The van der Waals surface area contributed by atoms with Crippen molar-refractivity contribution in [3.05, 3.63) is 56.2 Å². The minimum Gasteiger partial charge on any atom is -0.493 e. The summed E-state index contributed by atoms with van der Waals surface area (Å²) in [6, 6.07) is 7.66. The molecule has 0 bridgehead atoms. The van der Waals surface area contributed by atoms with Gasteiger partial charge in [0, 0.05) is 17.4 Å². The van der Waals surface area contributed by atoms with Crippen LogP contribution in [-0.4, -0.2) is 23.2 Å². The van der Waals surface area contributed by atoms with Crippen molar-refractivity contribution in [3.8, 4) is 11.6 Å². The van der Waals surface area contributed by atoms with Gasteiger partial charge in [0.15, 0.2) is 0 Å². The molecule has 0 spiro atoms. The maximum Gasteiger partial charge on any atom is 0.328 e. The molecule has 2 aliphatic heterocycles. The zero-order valence-electron chi connectivity index (χ0n) is 10.5. The number of H-pyrrole nitrogens is 2. The van der Waals surface area contributed by atoms with Crippen molar-refractivity contribution in [1.82, 2.24) is 9.97 Å². The molecule has 0 saturated carbocycles. The van der Waals surface area contributed by atoms with Gasteiger partial charge in [-0.3, -0.25) is 14.8 Å². The summed E-state index contributed by atoms with van der Waals surface area (Å²) in [6.07, 6.45) is 0. The van der Waals surface area contributed by atoms with E-state index in [9.17, 15) is 9.59 Å². The molecular weight excluding hydrogens is 260 g/mol. The molecule has 2 unspecified atom stereocenters. The molecule has 102 valence electrons. The van der Waals surface area contributed by atoms with E-state index in [-0.39, 0.29) is 17.7 Å². The highest BCUT2D eigenvalue weighted by molar-refractivity contribution is 5.47. The maximum absolute atomic E-state index is 12.2. The van der Waals surface area contributed by atoms with Crippen molar-refractivity contribution < 1.29 is 9.47 Å². The van der Waals surface area contributed by atoms with Crippen molar-refractivity contribution in [2.75, 3.05) is 13.2 Å². The van der Waals surface area contributed by atoms with Crippen molar-refractivity contribution in [2.45, 2.75) is 5.92 Å². The number of benzene rings is 1. The van der Waals surface area contributed by atoms with Crippen LogP contribution in [-0.2, 0) is 0 Å². The molecule has 2 atom stereocenters. The Morgan fingerprint density at radius 1 is 1.05 bits per heavy atom. The lowest BCUT2D eigenvalue weighted by molar-refractivity contribution is 0.121. The van der Waals surface area contributed by atoms with E-state index in [0.29, 0.717) is 18.8 Å². The van der Waals surface area contributed by atoms with Crippen molar-refractivity contribution >= 4 is 0 Å². The first-order valence-electron chi connectivity index (χ1n) is 6.45. The van der Waals surface area contributed by atoms with E-state index in [1.807, 2.05) is 24.3 Å². The van der Waals surface area contributed by atoms with E-state index in [1.54, 1.807) is 0 Å². The van der Waals surface area contributed by atoms with Gasteiger partial charge in [-0.1, -0.05) is 18.2 Å². The Kier molecular flexibility index (Phi) is 2.26. The number of hydrogen-bond donors (Lipinski definition) is 2. The second-order valence-electron chi connectivity index (χ2n) is 5.05. The van der Waals surface area contributed by atoms with Gasteiger partial charge in [0.2, 0.25) is 5.88 Å². The fourth-order valence-corrected chi connectivity index (χ4v) is 3.01. The zero-order valence-corrected chi connectivity index (χ0v) is 10.5. The lowest BCUT2D eigenvalue weighted by Gasteiger charge is -2.36. The lowest BCUT2D eigenvalue weighted by atomic mass is 9.79. The molecule has 6 nitrogen and oxygen atoms in total. The fraction of sp³-hybridized carbons (Fsp3) is 0.286. The Labute approximate surface area is 113 Å². The summed E-state index contributed by atoms with van der Waals surface area (Å²) < 4.78 is 11.2. The van der Waals surface area contributed by atoms with Crippen molar-refractivity contribution in [3.63, 3.8) is 0 Å². The van der Waals surface area contributed by atoms with Crippen LogP contribution < -0.4 is 20.7 Å². The molecule has 4 rings (SSSR count). The van der Waals surface area contributed by atoms with Crippen molar-refractivity contribution in [1.29, 1.82) is 0 Å². The highest BCUT2D eigenvalue weighted by atomic mass is 16.5. The monoisotopic (exact) mass is 272 g/mol. The molecule has 2 aliphatic rings. The first-order valence-corrected chi connectivity index (χ1v) is 6.45. The predicted molar refractivity (Wildman–Crippen MR) is 70.4 cm³/mol. The summed E-state index contributed by atoms with van der Waals surface area (Å²) in [6.45, 7) is 0.922. The summed E-state index contributed by atoms with van der Waals surface area (Å²) in [5.74, 6) is 1.03. The van der Waals surface area contributed by atoms with Gasteiger partial charge in [-0.2, -0.15) is 0 Å². The van der Waals surface area contributed by atoms with Gasteiger partial charge >= 0.3 is 5.69 Å². The van der Waals surface area contributed by atoms with Crippen LogP contribution in [0.4, 0.5) is 0 Å². The Morgan fingerprint density at radius 3 is 2.75 bits per heavy atom. The topological polar surface area (TPSA) is 84.2 Å². The lowest BCUT2D eigenvalue weighted by Crippen LogP contribution is -2.40. The van der Waals surface area contributed by atoms with Gasteiger partial charge in [0.1, 0.15) is 5.75 Å². The number of nitrogens with one attached hydrogen (secondary N) is 2. The number of para-hydroxylation sites is 1. The molecular formula is C14H12N2O4. The predicted octanol–water partition coefficient (Wildman–Crippen LogP) is 0.596. The van der Waals surface area contributed by atoms with Crippen LogP contribution in [0.25, 0.3) is 0 Å². The summed E-state index contributed by atoms with van der Waals surface area (Å²) in [5, 5.41) is 0. The van der Waals surface area contributed by atoms with Crippen molar-refractivity contribution in [2.24, 2.45) is 5.92 Å². The highest BCUT2D eigenvalue weighted by Gasteiger charge is 2.39. The minimum absolute atomic E-state index is 0.0735. The van der Waals surface area contributed by atoms with Crippen LogP contribution >= 0.6 is 0 Å². The smallest absolute Gasteiger partial charge is 0.328 e. The summed E-state index contributed by atoms with van der Waals surface area (Å²) >= 11 is 0. The first-order chi connectivity index (χ1) is 9.74. The fourth-order valence-electron chi connectivity index (χ4n) is 3.01. The van der Waals surface area contributed by atoms with Crippen LogP contribution in [0.2, 0.25) is 0 Å². The van der Waals surface area contributed by atoms with Crippen LogP contribution in [0, 0.1) is 5.92 Å². The quantitative estimate of drug-likeness (QED) is 0.735. The Bertz CT molecular complexity index is 792. The van der Waals surface area contributed by atoms with E-state index in [1.165, 1.54) is 0 Å². The van der Waals surface area contributed by atoms with Gasteiger partial charge in [-0.05, 0) is 6.07 Å². The number of rotatable bonds is 0. The van der Waals surface area contributed by atoms with Gasteiger partial charge in [0.05, 0.1) is 18.8 Å². The zero-order chi connectivity index (χ0) is 13.7. The molecule has 2 N–H and O–H groups in total. The normalized spacial score (nSPS) is 22.8. The number of hydrogen-bond acceptors (Lipinski definition) is 4.